The average molecular weight is 255 g/mol. The molecule has 1 aromatic rings. The zero-order valence-corrected chi connectivity index (χ0v) is 11.5. The zero-order valence-electron chi connectivity index (χ0n) is 10.7. The van der Waals surface area contributed by atoms with E-state index >= 15 is 0 Å². The number of hydrogen-bond donors (Lipinski definition) is 0. The molecule has 0 saturated carbocycles. The Kier molecular flexibility index (Phi) is 4.88. The number of rotatable bonds is 6. The van der Waals surface area contributed by atoms with Gasteiger partial charge >= 0.3 is 0 Å². The van der Waals surface area contributed by atoms with E-state index in [1.54, 1.807) is 11.3 Å². The Labute approximate surface area is 107 Å². The topological polar surface area (TPSA) is 38.2 Å². The first-order chi connectivity index (χ1) is 8.28. The highest BCUT2D eigenvalue weighted by Crippen LogP contribution is 2.20. The van der Waals surface area contributed by atoms with Gasteiger partial charge in [-0.05, 0) is 32.2 Å². The summed E-state index contributed by atoms with van der Waals surface area (Å²) in [4.78, 5) is 2.46. The van der Waals surface area contributed by atoms with Crippen molar-refractivity contribution in [3.05, 3.63) is 10.0 Å². The Morgan fingerprint density at radius 3 is 3.06 bits per heavy atom. The number of aryl methyl sites for hydroxylation is 1. The minimum absolute atomic E-state index is 0.704. The zero-order chi connectivity index (χ0) is 12.1. The normalized spacial score (nSPS) is 21.2. The molecule has 5 heteroatoms. The molecule has 0 aromatic carbocycles. The Bertz CT molecular complexity index is 342. The number of nitrogens with zero attached hydrogens (tertiary/aromatic N) is 3. The number of aromatic nitrogens is 2. The van der Waals surface area contributed by atoms with Gasteiger partial charge in [-0.2, -0.15) is 0 Å². The molecule has 1 aliphatic heterocycles. The van der Waals surface area contributed by atoms with Crippen LogP contribution < -0.4 is 0 Å². The summed E-state index contributed by atoms with van der Waals surface area (Å²) in [5, 5.41) is 10.4. The predicted molar refractivity (Wildman–Crippen MR) is 69.1 cm³/mol. The van der Waals surface area contributed by atoms with Gasteiger partial charge in [0.2, 0.25) is 0 Å². The highest BCUT2D eigenvalue weighted by atomic mass is 32.1. The highest BCUT2D eigenvalue weighted by Gasteiger charge is 2.23. The average Bonchev–Trinajstić information content (AvgIpc) is 2.90. The second kappa shape index (κ2) is 6.42. The summed E-state index contributed by atoms with van der Waals surface area (Å²) in [5.41, 5.74) is 0. The lowest BCUT2D eigenvalue weighted by molar-refractivity contribution is 0.101. The molecule has 0 spiro atoms. The Morgan fingerprint density at radius 2 is 2.35 bits per heavy atom. The van der Waals surface area contributed by atoms with E-state index in [0.29, 0.717) is 5.92 Å². The third-order valence-electron chi connectivity index (χ3n) is 3.00. The maximum absolute atomic E-state index is 5.62. The summed E-state index contributed by atoms with van der Waals surface area (Å²) in [6, 6.07) is 0. The summed E-state index contributed by atoms with van der Waals surface area (Å²) in [6.07, 6.45) is 2.36. The maximum atomic E-state index is 5.62. The van der Waals surface area contributed by atoms with Crippen molar-refractivity contribution < 1.29 is 4.74 Å². The summed E-state index contributed by atoms with van der Waals surface area (Å²) in [6.45, 7) is 9.23. The molecule has 0 unspecified atom stereocenters. The van der Waals surface area contributed by atoms with Crippen LogP contribution in [0.3, 0.4) is 0 Å². The van der Waals surface area contributed by atoms with Gasteiger partial charge in [0.15, 0.2) is 0 Å². The fourth-order valence-corrected chi connectivity index (χ4v) is 2.93. The molecule has 0 bridgehead atoms. The van der Waals surface area contributed by atoms with E-state index in [1.807, 2.05) is 6.92 Å². The Hall–Kier alpha value is -0.520. The molecule has 1 aliphatic rings. The number of likely N-dealkylation sites (tertiary alicyclic amines) is 1. The molecular formula is C12H21N3OS. The first-order valence-electron chi connectivity index (χ1n) is 6.37. The maximum Gasteiger partial charge on any atom is 0.131 e. The van der Waals surface area contributed by atoms with Gasteiger partial charge < -0.3 is 4.74 Å². The molecule has 96 valence electrons. The van der Waals surface area contributed by atoms with Crippen LogP contribution in [-0.2, 0) is 11.3 Å². The third kappa shape index (κ3) is 4.01. The minimum atomic E-state index is 0.704. The van der Waals surface area contributed by atoms with E-state index in [2.05, 4.69) is 22.0 Å². The van der Waals surface area contributed by atoms with Gasteiger partial charge in [-0.25, -0.2) is 0 Å². The van der Waals surface area contributed by atoms with Gasteiger partial charge in [-0.15, -0.1) is 21.5 Å². The van der Waals surface area contributed by atoms with Crippen molar-refractivity contribution in [3.63, 3.8) is 0 Å². The van der Waals surface area contributed by atoms with Crippen LogP contribution in [0.15, 0.2) is 0 Å². The predicted octanol–water partition coefficient (Wildman–Crippen LogP) is 2.10. The van der Waals surface area contributed by atoms with E-state index in [1.165, 1.54) is 13.0 Å². The van der Waals surface area contributed by atoms with E-state index < -0.39 is 0 Å². The lowest BCUT2D eigenvalue weighted by Gasteiger charge is -2.14. The van der Waals surface area contributed by atoms with Gasteiger partial charge in [-0.3, -0.25) is 4.90 Å². The van der Waals surface area contributed by atoms with Crippen LogP contribution in [0.25, 0.3) is 0 Å². The SMILES string of the molecule is CCCOC[C@H]1CCN(Cc2nnc(C)s2)C1. The minimum Gasteiger partial charge on any atom is -0.381 e. The van der Waals surface area contributed by atoms with Gasteiger partial charge in [-0.1, -0.05) is 6.92 Å². The van der Waals surface area contributed by atoms with Crippen molar-refractivity contribution in [3.8, 4) is 0 Å². The van der Waals surface area contributed by atoms with Crippen molar-refractivity contribution >= 4 is 11.3 Å². The van der Waals surface area contributed by atoms with Gasteiger partial charge in [0, 0.05) is 13.2 Å². The molecule has 0 radical (unpaired) electrons. The van der Waals surface area contributed by atoms with Crippen LogP contribution in [0.1, 0.15) is 29.8 Å². The van der Waals surface area contributed by atoms with Crippen molar-refractivity contribution in [1.29, 1.82) is 0 Å². The Morgan fingerprint density at radius 1 is 1.47 bits per heavy atom. The number of ether oxygens (including phenoxy) is 1. The molecule has 2 heterocycles. The molecule has 1 saturated heterocycles. The molecule has 4 nitrogen and oxygen atoms in total. The fourth-order valence-electron chi connectivity index (χ4n) is 2.18. The standard InChI is InChI=1S/C12H21N3OS/c1-3-6-16-9-11-4-5-15(7-11)8-12-14-13-10(2)17-12/h11H,3-9H2,1-2H3/t11-/m0/s1. The first-order valence-corrected chi connectivity index (χ1v) is 7.18. The number of hydrogen-bond acceptors (Lipinski definition) is 5. The fraction of sp³-hybridized carbons (Fsp3) is 0.833. The van der Waals surface area contributed by atoms with E-state index in [0.717, 1.165) is 42.7 Å². The van der Waals surface area contributed by atoms with Crippen molar-refractivity contribution in [2.24, 2.45) is 5.92 Å². The monoisotopic (exact) mass is 255 g/mol. The van der Waals surface area contributed by atoms with Crippen molar-refractivity contribution in [2.75, 3.05) is 26.3 Å². The summed E-state index contributed by atoms with van der Waals surface area (Å²) < 4.78 is 5.62. The molecule has 17 heavy (non-hydrogen) atoms. The van der Waals surface area contributed by atoms with Crippen LogP contribution in [0.2, 0.25) is 0 Å². The highest BCUT2D eigenvalue weighted by molar-refractivity contribution is 7.11. The molecule has 2 rings (SSSR count). The van der Waals surface area contributed by atoms with Crippen LogP contribution in [-0.4, -0.2) is 41.4 Å². The van der Waals surface area contributed by atoms with E-state index in [-0.39, 0.29) is 0 Å². The van der Waals surface area contributed by atoms with Gasteiger partial charge in [0.25, 0.3) is 0 Å². The summed E-state index contributed by atoms with van der Waals surface area (Å²) >= 11 is 1.70. The summed E-state index contributed by atoms with van der Waals surface area (Å²) in [7, 11) is 0. The largest absolute Gasteiger partial charge is 0.381 e. The smallest absolute Gasteiger partial charge is 0.131 e. The van der Waals surface area contributed by atoms with Crippen molar-refractivity contribution in [2.45, 2.75) is 33.2 Å². The second-order valence-electron chi connectivity index (χ2n) is 4.68. The van der Waals surface area contributed by atoms with E-state index in [4.69, 9.17) is 4.74 Å². The summed E-state index contributed by atoms with van der Waals surface area (Å²) in [5.74, 6) is 0.704. The van der Waals surface area contributed by atoms with E-state index in [9.17, 15) is 0 Å². The quantitative estimate of drug-likeness (QED) is 0.730. The molecule has 1 aromatic heterocycles. The second-order valence-corrected chi connectivity index (χ2v) is 5.95. The molecule has 1 fully saturated rings. The molecule has 0 amide bonds. The first kappa shape index (κ1) is 12.9. The van der Waals surface area contributed by atoms with Crippen LogP contribution in [0.4, 0.5) is 0 Å². The van der Waals surface area contributed by atoms with Crippen LogP contribution >= 0.6 is 11.3 Å². The molecule has 0 aliphatic carbocycles. The van der Waals surface area contributed by atoms with Gasteiger partial charge in [0.05, 0.1) is 13.2 Å². The lowest BCUT2D eigenvalue weighted by atomic mass is 10.1. The molecular weight excluding hydrogens is 234 g/mol. The Balaban J connectivity index is 1.70. The third-order valence-corrected chi connectivity index (χ3v) is 3.82. The van der Waals surface area contributed by atoms with Crippen LogP contribution in [0.5, 0.6) is 0 Å². The van der Waals surface area contributed by atoms with Gasteiger partial charge in [0.1, 0.15) is 10.0 Å². The molecule has 1 atom stereocenters. The molecule has 0 N–H and O–H groups in total. The van der Waals surface area contributed by atoms with Crippen molar-refractivity contribution in [1.82, 2.24) is 15.1 Å². The van der Waals surface area contributed by atoms with Crippen LogP contribution in [0, 0.1) is 12.8 Å². The lowest BCUT2D eigenvalue weighted by Crippen LogP contribution is -2.21.